The number of carbonyl (C=O) groups is 1. The van der Waals surface area contributed by atoms with Crippen LogP contribution in [0, 0.1) is 12.3 Å². The van der Waals surface area contributed by atoms with Gasteiger partial charge in [0.15, 0.2) is 0 Å². The predicted octanol–water partition coefficient (Wildman–Crippen LogP) is 1.85. The molecule has 18 heavy (non-hydrogen) atoms. The van der Waals surface area contributed by atoms with Crippen molar-refractivity contribution in [3.05, 3.63) is 30.0 Å². The third kappa shape index (κ3) is 2.03. The summed E-state index contributed by atoms with van der Waals surface area (Å²) in [5.74, 6) is 2.41. The molecular formula is C14H15N3O. The van der Waals surface area contributed by atoms with Crippen molar-refractivity contribution in [3.63, 3.8) is 0 Å². The van der Waals surface area contributed by atoms with E-state index in [4.69, 9.17) is 12.2 Å². The fraction of sp³-hybridized carbons (Fsp3) is 0.214. The van der Waals surface area contributed by atoms with Gasteiger partial charge in [-0.2, -0.15) is 0 Å². The van der Waals surface area contributed by atoms with E-state index >= 15 is 0 Å². The molecule has 0 aliphatic rings. The molecule has 0 saturated carbocycles. The summed E-state index contributed by atoms with van der Waals surface area (Å²) in [5, 5.41) is 0.829. The van der Waals surface area contributed by atoms with E-state index in [2.05, 4.69) is 10.9 Å². The Morgan fingerprint density at radius 2 is 2.33 bits per heavy atom. The van der Waals surface area contributed by atoms with Crippen molar-refractivity contribution in [2.24, 2.45) is 0 Å². The lowest BCUT2D eigenvalue weighted by Gasteiger charge is -2.17. The van der Waals surface area contributed by atoms with Crippen molar-refractivity contribution in [2.45, 2.75) is 6.92 Å². The monoisotopic (exact) mass is 241 g/mol. The fourth-order valence-electron chi connectivity index (χ4n) is 1.92. The van der Waals surface area contributed by atoms with Crippen LogP contribution < -0.4 is 5.73 Å². The summed E-state index contributed by atoms with van der Waals surface area (Å²) in [6.45, 7) is 2.79. The van der Waals surface area contributed by atoms with Crippen LogP contribution in [0.2, 0.25) is 0 Å². The summed E-state index contributed by atoms with van der Waals surface area (Å²) in [6.07, 6.45) is 6.96. The fourth-order valence-corrected chi connectivity index (χ4v) is 1.92. The van der Waals surface area contributed by atoms with E-state index in [1.807, 2.05) is 13.0 Å². The van der Waals surface area contributed by atoms with Crippen LogP contribution in [0.25, 0.3) is 10.9 Å². The van der Waals surface area contributed by atoms with Crippen molar-refractivity contribution in [3.8, 4) is 12.3 Å². The normalized spacial score (nSPS) is 10.2. The van der Waals surface area contributed by atoms with Crippen molar-refractivity contribution in [2.75, 3.05) is 18.8 Å². The molecule has 0 aliphatic heterocycles. The minimum Gasteiger partial charge on any atom is -0.399 e. The van der Waals surface area contributed by atoms with Crippen LogP contribution >= 0.6 is 0 Å². The van der Waals surface area contributed by atoms with E-state index in [0.717, 1.165) is 10.9 Å². The number of carbonyl (C=O) groups excluding carboxylic acids is 1. The number of nitrogens with two attached hydrogens (primary N) is 1. The van der Waals surface area contributed by atoms with Gasteiger partial charge < -0.3 is 15.6 Å². The second-order valence-electron chi connectivity index (χ2n) is 4.03. The molecule has 92 valence electrons. The highest BCUT2D eigenvalue weighted by molar-refractivity contribution is 6.07. The average Bonchev–Trinajstić information content (AvgIpc) is 2.78. The number of H-pyrrole nitrogens is 1. The van der Waals surface area contributed by atoms with Crippen molar-refractivity contribution in [1.29, 1.82) is 0 Å². The number of rotatable bonds is 3. The highest BCUT2D eigenvalue weighted by Crippen LogP contribution is 2.22. The van der Waals surface area contributed by atoms with Crippen molar-refractivity contribution in [1.82, 2.24) is 9.88 Å². The number of benzene rings is 1. The zero-order valence-electron chi connectivity index (χ0n) is 10.2. The molecule has 0 radical (unpaired) electrons. The Hall–Kier alpha value is -2.41. The topological polar surface area (TPSA) is 62.1 Å². The molecule has 0 unspecified atom stereocenters. The molecule has 3 N–H and O–H groups in total. The van der Waals surface area contributed by atoms with Crippen LogP contribution in [-0.4, -0.2) is 28.9 Å². The predicted molar refractivity (Wildman–Crippen MR) is 73.1 cm³/mol. The van der Waals surface area contributed by atoms with Gasteiger partial charge in [-0.05, 0) is 25.1 Å². The van der Waals surface area contributed by atoms with Gasteiger partial charge in [0.05, 0.1) is 12.1 Å². The largest absolute Gasteiger partial charge is 0.399 e. The van der Waals surface area contributed by atoms with E-state index in [1.54, 1.807) is 23.2 Å². The Balaban J connectivity index is 2.44. The maximum absolute atomic E-state index is 12.3. The van der Waals surface area contributed by atoms with Gasteiger partial charge in [-0.15, -0.1) is 6.42 Å². The summed E-state index contributed by atoms with van der Waals surface area (Å²) >= 11 is 0. The van der Waals surface area contributed by atoms with Crippen molar-refractivity contribution >= 4 is 22.5 Å². The van der Waals surface area contributed by atoms with Crippen LogP contribution in [0.1, 0.15) is 17.3 Å². The zero-order valence-corrected chi connectivity index (χ0v) is 10.2. The van der Waals surface area contributed by atoms with E-state index in [9.17, 15) is 4.79 Å². The quantitative estimate of drug-likeness (QED) is 0.636. The van der Waals surface area contributed by atoms with E-state index < -0.39 is 0 Å². The van der Waals surface area contributed by atoms with Crippen LogP contribution in [-0.2, 0) is 0 Å². The van der Waals surface area contributed by atoms with E-state index in [1.165, 1.54) is 0 Å². The summed E-state index contributed by atoms with van der Waals surface area (Å²) in [4.78, 5) is 17.0. The third-order valence-corrected chi connectivity index (χ3v) is 2.89. The van der Waals surface area contributed by atoms with Gasteiger partial charge in [-0.1, -0.05) is 5.92 Å². The molecule has 0 atom stereocenters. The lowest BCUT2D eigenvalue weighted by Crippen LogP contribution is -2.30. The summed E-state index contributed by atoms with van der Waals surface area (Å²) in [6, 6.07) is 5.45. The number of nitrogens with one attached hydrogen (secondary N) is 1. The number of fused-ring (bicyclic) bond motifs is 1. The molecule has 2 aromatic rings. The Morgan fingerprint density at radius 3 is 3.00 bits per heavy atom. The molecule has 1 amide bonds. The molecule has 0 bridgehead atoms. The maximum Gasteiger partial charge on any atom is 0.256 e. The van der Waals surface area contributed by atoms with Crippen LogP contribution in [0.5, 0.6) is 0 Å². The van der Waals surface area contributed by atoms with Gasteiger partial charge in [0.1, 0.15) is 0 Å². The SMILES string of the molecule is C#CCN(CC)C(=O)c1c[nH]c2ccc(N)cc12. The molecule has 0 fully saturated rings. The number of anilines is 1. The maximum atomic E-state index is 12.3. The Morgan fingerprint density at radius 1 is 1.56 bits per heavy atom. The number of nitrogen functional groups attached to an aromatic ring is 1. The highest BCUT2D eigenvalue weighted by atomic mass is 16.2. The van der Waals surface area contributed by atoms with Crippen LogP contribution in [0.3, 0.4) is 0 Å². The van der Waals surface area contributed by atoms with Gasteiger partial charge in [0.25, 0.3) is 5.91 Å². The number of hydrogen-bond donors (Lipinski definition) is 2. The first kappa shape index (κ1) is 12.1. The lowest BCUT2D eigenvalue weighted by atomic mass is 10.1. The number of nitrogens with zero attached hydrogens (tertiary/aromatic N) is 1. The van der Waals surface area contributed by atoms with Gasteiger partial charge in [0, 0.05) is 29.3 Å². The van der Waals surface area contributed by atoms with Gasteiger partial charge in [-0.25, -0.2) is 0 Å². The van der Waals surface area contributed by atoms with Crippen LogP contribution in [0.15, 0.2) is 24.4 Å². The lowest BCUT2D eigenvalue weighted by molar-refractivity contribution is 0.0787. The van der Waals surface area contributed by atoms with Gasteiger partial charge in [0.2, 0.25) is 0 Å². The second kappa shape index (κ2) is 4.84. The second-order valence-corrected chi connectivity index (χ2v) is 4.03. The van der Waals surface area contributed by atoms with Gasteiger partial charge in [-0.3, -0.25) is 4.79 Å². The van der Waals surface area contributed by atoms with E-state index in [0.29, 0.717) is 24.3 Å². The minimum absolute atomic E-state index is 0.0766. The molecule has 1 aromatic heterocycles. The number of aromatic nitrogens is 1. The number of hydrogen-bond acceptors (Lipinski definition) is 2. The average molecular weight is 241 g/mol. The molecule has 2 rings (SSSR count). The number of amides is 1. The molecule has 1 heterocycles. The Kier molecular flexibility index (Phi) is 3.24. The Labute approximate surface area is 106 Å². The summed E-state index contributed by atoms with van der Waals surface area (Å²) in [5.41, 5.74) is 7.88. The molecule has 4 nitrogen and oxygen atoms in total. The summed E-state index contributed by atoms with van der Waals surface area (Å²) in [7, 11) is 0. The first-order valence-corrected chi connectivity index (χ1v) is 5.76. The first-order chi connectivity index (χ1) is 8.67. The number of aromatic amines is 1. The standard InChI is InChI=1S/C14H15N3O/c1-3-7-17(4-2)14(18)12-9-16-13-6-5-10(15)8-11(12)13/h1,5-6,8-9,16H,4,7,15H2,2H3. The van der Waals surface area contributed by atoms with Crippen molar-refractivity contribution < 1.29 is 4.79 Å². The van der Waals surface area contributed by atoms with Crippen LogP contribution in [0.4, 0.5) is 5.69 Å². The smallest absolute Gasteiger partial charge is 0.256 e. The molecule has 0 aliphatic carbocycles. The molecule has 0 saturated heterocycles. The van der Waals surface area contributed by atoms with Gasteiger partial charge >= 0.3 is 0 Å². The minimum atomic E-state index is -0.0766. The molecule has 4 heteroatoms. The molecule has 0 spiro atoms. The highest BCUT2D eigenvalue weighted by Gasteiger charge is 2.17. The molecular weight excluding hydrogens is 226 g/mol. The molecule has 1 aromatic carbocycles. The van der Waals surface area contributed by atoms with E-state index in [-0.39, 0.29) is 5.91 Å². The first-order valence-electron chi connectivity index (χ1n) is 5.76. The number of terminal acetylenes is 1. The third-order valence-electron chi connectivity index (χ3n) is 2.89. The Bertz CT molecular complexity index is 621. The summed E-state index contributed by atoms with van der Waals surface area (Å²) < 4.78 is 0. The zero-order chi connectivity index (χ0) is 13.1.